The van der Waals surface area contributed by atoms with Crippen LogP contribution in [-0.4, -0.2) is 48.6 Å². The fourth-order valence-electron chi connectivity index (χ4n) is 1.91. The Kier molecular flexibility index (Phi) is 5.54. The monoisotopic (exact) mass is 388 g/mol. The van der Waals surface area contributed by atoms with Crippen molar-refractivity contribution in [3.05, 3.63) is 28.5 Å². The zero-order valence-electron chi connectivity index (χ0n) is 12.2. The van der Waals surface area contributed by atoms with Crippen LogP contribution in [0.4, 0.5) is 9.18 Å². The van der Waals surface area contributed by atoms with Gasteiger partial charge >= 0.3 is 12.0 Å². The van der Waals surface area contributed by atoms with Gasteiger partial charge in [-0.1, -0.05) is 0 Å². The summed E-state index contributed by atoms with van der Waals surface area (Å²) in [5.74, 6) is -1.56. The van der Waals surface area contributed by atoms with E-state index in [0.29, 0.717) is 11.0 Å². The van der Waals surface area contributed by atoms with Gasteiger partial charge in [0.15, 0.2) is 12.7 Å². The lowest BCUT2D eigenvalue weighted by molar-refractivity contribution is -0.159. The molecular formula is C14H14BrFN2O5. The third kappa shape index (κ3) is 4.41. The van der Waals surface area contributed by atoms with Crippen molar-refractivity contribution < 1.29 is 28.2 Å². The lowest BCUT2D eigenvalue weighted by Crippen LogP contribution is -2.42. The Balaban J connectivity index is 1.84. The number of hydrogen-bond acceptors (Lipinski definition) is 5. The molecule has 0 saturated carbocycles. The maximum Gasteiger partial charge on any atom is 0.344 e. The number of urea groups is 1. The summed E-state index contributed by atoms with van der Waals surface area (Å²) in [4.78, 5) is 36.0. The van der Waals surface area contributed by atoms with Crippen LogP contribution in [0, 0.1) is 5.82 Å². The molecule has 1 atom stereocenters. The number of amides is 3. The molecule has 1 heterocycles. The van der Waals surface area contributed by atoms with Gasteiger partial charge < -0.3 is 14.8 Å². The molecule has 0 radical (unpaired) electrons. The Morgan fingerprint density at radius 1 is 1.48 bits per heavy atom. The summed E-state index contributed by atoms with van der Waals surface area (Å²) in [5, 5.41) is 2.48. The van der Waals surface area contributed by atoms with Crippen molar-refractivity contribution in [1.82, 2.24) is 10.2 Å². The summed E-state index contributed by atoms with van der Waals surface area (Å²) in [5.41, 5.74) is 0. The number of halogens is 2. The normalized spacial score (nSPS) is 15.1. The van der Waals surface area contributed by atoms with Crippen LogP contribution in [0.2, 0.25) is 0 Å². The number of hydrogen-bond donors (Lipinski definition) is 1. The Bertz CT molecular complexity index is 640. The highest BCUT2D eigenvalue weighted by Crippen LogP contribution is 2.25. The molecule has 0 spiro atoms. The highest BCUT2D eigenvalue weighted by molar-refractivity contribution is 9.10. The zero-order valence-corrected chi connectivity index (χ0v) is 13.8. The van der Waals surface area contributed by atoms with Gasteiger partial charge in [0.25, 0.3) is 5.91 Å². The van der Waals surface area contributed by atoms with E-state index in [1.165, 1.54) is 25.1 Å². The van der Waals surface area contributed by atoms with Crippen LogP contribution in [0.3, 0.4) is 0 Å². The van der Waals surface area contributed by atoms with Gasteiger partial charge in [-0.05, 0) is 41.1 Å². The van der Waals surface area contributed by atoms with Crippen LogP contribution < -0.4 is 10.1 Å². The molecule has 0 bridgehead atoms. The molecular weight excluding hydrogens is 375 g/mol. The second-order valence-corrected chi connectivity index (χ2v) is 5.57. The first kappa shape index (κ1) is 17.2. The molecule has 0 aromatic heterocycles. The first-order chi connectivity index (χ1) is 10.9. The summed E-state index contributed by atoms with van der Waals surface area (Å²) in [7, 11) is 0. The Morgan fingerprint density at radius 3 is 2.83 bits per heavy atom. The molecule has 1 aliphatic rings. The van der Waals surface area contributed by atoms with E-state index in [4.69, 9.17) is 9.47 Å². The molecule has 0 aliphatic carbocycles. The Labute approximate surface area is 139 Å². The van der Waals surface area contributed by atoms with Gasteiger partial charge in [-0.25, -0.2) is 14.0 Å². The molecule has 1 aromatic rings. The van der Waals surface area contributed by atoms with Crippen LogP contribution in [0.15, 0.2) is 22.7 Å². The molecule has 1 N–H and O–H groups in total. The number of nitrogens with one attached hydrogen (secondary N) is 1. The first-order valence-corrected chi connectivity index (χ1v) is 7.54. The lowest BCUT2D eigenvalue weighted by Gasteiger charge is -2.18. The second-order valence-electron chi connectivity index (χ2n) is 4.72. The molecule has 1 aromatic carbocycles. The van der Waals surface area contributed by atoms with Crippen molar-refractivity contribution in [2.45, 2.75) is 13.0 Å². The fourth-order valence-corrected chi connectivity index (χ4v) is 2.38. The first-order valence-electron chi connectivity index (χ1n) is 6.75. The molecule has 7 nitrogen and oxygen atoms in total. The maximum atomic E-state index is 12.9. The number of nitrogens with zero attached hydrogens (tertiary/aromatic N) is 1. The van der Waals surface area contributed by atoms with Gasteiger partial charge in [0, 0.05) is 13.1 Å². The molecule has 1 saturated heterocycles. The van der Waals surface area contributed by atoms with E-state index in [2.05, 4.69) is 21.2 Å². The fraction of sp³-hybridized carbons (Fsp3) is 0.357. The smallest absolute Gasteiger partial charge is 0.344 e. The minimum absolute atomic E-state index is 0.235. The largest absolute Gasteiger partial charge is 0.481 e. The van der Waals surface area contributed by atoms with Crippen molar-refractivity contribution in [2.75, 3.05) is 19.7 Å². The second kappa shape index (κ2) is 7.40. The van der Waals surface area contributed by atoms with Crippen LogP contribution >= 0.6 is 15.9 Å². The lowest BCUT2D eigenvalue weighted by atomic mass is 10.3. The van der Waals surface area contributed by atoms with Crippen molar-refractivity contribution in [3.63, 3.8) is 0 Å². The minimum Gasteiger partial charge on any atom is -0.481 e. The van der Waals surface area contributed by atoms with Gasteiger partial charge in [0.1, 0.15) is 11.6 Å². The third-order valence-electron chi connectivity index (χ3n) is 3.02. The third-order valence-corrected chi connectivity index (χ3v) is 3.64. The van der Waals surface area contributed by atoms with E-state index in [9.17, 15) is 18.8 Å². The molecule has 3 amide bonds. The maximum absolute atomic E-state index is 12.9. The van der Waals surface area contributed by atoms with E-state index in [-0.39, 0.29) is 12.3 Å². The molecule has 1 fully saturated rings. The number of carbonyl (C=O) groups is 3. The quantitative estimate of drug-likeness (QED) is 0.771. The van der Waals surface area contributed by atoms with Gasteiger partial charge in [0.05, 0.1) is 4.47 Å². The van der Waals surface area contributed by atoms with Crippen LogP contribution in [0.25, 0.3) is 0 Å². The highest BCUT2D eigenvalue weighted by atomic mass is 79.9. The SMILES string of the molecule is C[C@H](OC(=O)COc1ccc(F)cc1Br)C(=O)N1CCNC1=O. The molecule has 23 heavy (non-hydrogen) atoms. The molecule has 2 rings (SSSR count). The summed E-state index contributed by atoms with van der Waals surface area (Å²) >= 11 is 3.10. The Hall–Kier alpha value is -2.16. The summed E-state index contributed by atoms with van der Waals surface area (Å²) < 4.78 is 23.4. The number of benzene rings is 1. The van der Waals surface area contributed by atoms with Gasteiger partial charge in [-0.3, -0.25) is 9.69 Å². The number of imide groups is 1. The summed E-state index contributed by atoms with van der Waals surface area (Å²) in [6.07, 6.45) is -1.10. The van der Waals surface area contributed by atoms with Gasteiger partial charge in [-0.2, -0.15) is 0 Å². The predicted molar refractivity (Wildman–Crippen MR) is 80.3 cm³/mol. The van der Waals surface area contributed by atoms with Crippen molar-refractivity contribution in [2.24, 2.45) is 0 Å². The van der Waals surface area contributed by atoms with E-state index >= 15 is 0 Å². The van der Waals surface area contributed by atoms with E-state index < -0.39 is 36.4 Å². The van der Waals surface area contributed by atoms with E-state index in [1.807, 2.05) is 0 Å². The van der Waals surface area contributed by atoms with Crippen LogP contribution in [-0.2, 0) is 14.3 Å². The number of carbonyl (C=O) groups excluding carboxylic acids is 3. The number of rotatable bonds is 5. The average molecular weight is 389 g/mol. The standard InChI is InChI=1S/C14H14BrFN2O5/c1-8(13(20)18-5-4-17-14(18)21)23-12(19)7-22-11-3-2-9(16)6-10(11)15/h2-3,6,8H,4-5,7H2,1H3,(H,17,21)/t8-/m0/s1. The average Bonchev–Trinajstić information content (AvgIpc) is 2.91. The topological polar surface area (TPSA) is 84.9 Å². The molecule has 1 aliphatic heterocycles. The summed E-state index contributed by atoms with van der Waals surface area (Å²) in [6.45, 7) is 1.53. The Morgan fingerprint density at radius 2 is 2.22 bits per heavy atom. The predicted octanol–water partition coefficient (Wildman–Crippen LogP) is 1.45. The van der Waals surface area contributed by atoms with E-state index in [0.717, 1.165) is 4.90 Å². The van der Waals surface area contributed by atoms with E-state index in [1.54, 1.807) is 0 Å². The number of esters is 1. The minimum atomic E-state index is -1.10. The van der Waals surface area contributed by atoms with Crippen molar-refractivity contribution in [3.8, 4) is 5.75 Å². The van der Waals surface area contributed by atoms with Crippen molar-refractivity contribution in [1.29, 1.82) is 0 Å². The molecule has 9 heteroatoms. The molecule has 124 valence electrons. The van der Waals surface area contributed by atoms with Gasteiger partial charge in [0.2, 0.25) is 0 Å². The summed E-state index contributed by atoms with van der Waals surface area (Å²) in [6, 6.07) is 3.22. The number of ether oxygens (including phenoxy) is 2. The van der Waals surface area contributed by atoms with Crippen LogP contribution in [0.1, 0.15) is 6.92 Å². The zero-order chi connectivity index (χ0) is 17.0. The highest BCUT2D eigenvalue weighted by Gasteiger charge is 2.31. The van der Waals surface area contributed by atoms with Crippen LogP contribution in [0.5, 0.6) is 5.75 Å². The molecule has 0 unspecified atom stereocenters. The van der Waals surface area contributed by atoms with Gasteiger partial charge in [-0.15, -0.1) is 0 Å². The van der Waals surface area contributed by atoms with Crippen molar-refractivity contribution >= 4 is 33.8 Å².